The van der Waals surface area contributed by atoms with Crippen LogP contribution in [0.4, 0.5) is 11.4 Å². The Kier molecular flexibility index (Phi) is 6.17. The normalized spacial score (nSPS) is 18.4. The van der Waals surface area contributed by atoms with Crippen molar-refractivity contribution in [3.8, 4) is 0 Å². The summed E-state index contributed by atoms with van der Waals surface area (Å²) >= 11 is 0. The van der Waals surface area contributed by atoms with Gasteiger partial charge in [-0.25, -0.2) is 4.98 Å². The minimum Gasteiger partial charge on any atom is -0.371 e. The number of nitrogens with zero attached hydrogens (tertiary/aromatic N) is 6. The van der Waals surface area contributed by atoms with Gasteiger partial charge in [0.1, 0.15) is 5.82 Å². The number of aryl methyl sites for hydroxylation is 1. The van der Waals surface area contributed by atoms with E-state index in [1.54, 1.807) is 11.0 Å². The number of piperazine rings is 1. The number of nitro benzene ring substituents is 1. The van der Waals surface area contributed by atoms with Crippen LogP contribution in [0.5, 0.6) is 0 Å². The lowest BCUT2D eigenvalue weighted by molar-refractivity contribution is -0.384. The zero-order chi connectivity index (χ0) is 22.0. The van der Waals surface area contributed by atoms with Crippen LogP contribution >= 0.6 is 0 Å². The third-order valence-electron chi connectivity index (χ3n) is 6.21. The van der Waals surface area contributed by atoms with E-state index in [2.05, 4.69) is 31.9 Å². The molecule has 166 valence electrons. The average Bonchev–Trinajstić information content (AvgIpc) is 3.18. The number of piperidine rings is 1. The van der Waals surface area contributed by atoms with Crippen LogP contribution in [-0.4, -0.2) is 75.1 Å². The number of nitrogens with one attached hydrogen (secondary N) is 1. The van der Waals surface area contributed by atoms with Gasteiger partial charge in [-0.2, -0.15) is 5.10 Å². The second-order valence-corrected chi connectivity index (χ2v) is 8.53. The third-order valence-corrected chi connectivity index (χ3v) is 6.21. The molecule has 0 saturated carbocycles. The molecule has 0 radical (unpaired) electrons. The van der Waals surface area contributed by atoms with Gasteiger partial charge in [-0.1, -0.05) is 6.92 Å². The Morgan fingerprint density at radius 3 is 2.52 bits per heavy atom. The molecule has 4 rings (SSSR count). The first-order valence-electron chi connectivity index (χ1n) is 10.8. The number of benzene rings is 1. The monoisotopic (exact) mass is 427 g/mol. The molecule has 31 heavy (non-hydrogen) atoms. The number of rotatable bonds is 5. The number of aromatic nitrogens is 3. The first-order valence-corrected chi connectivity index (χ1v) is 10.8. The summed E-state index contributed by atoms with van der Waals surface area (Å²) in [4.78, 5) is 34.9. The lowest BCUT2D eigenvalue weighted by Crippen LogP contribution is -2.48. The summed E-state index contributed by atoms with van der Waals surface area (Å²) in [6.45, 7) is 9.04. The smallest absolute Gasteiger partial charge is 0.270 e. The van der Waals surface area contributed by atoms with E-state index in [4.69, 9.17) is 0 Å². The molecule has 2 saturated heterocycles. The fourth-order valence-corrected chi connectivity index (χ4v) is 4.27. The Balaban J connectivity index is 1.48. The van der Waals surface area contributed by atoms with Gasteiger partial charge in [-0.15, -0.1) is 0 Å². The number of hydrogen-bond acceptors (Lipinski definition) is 7. The number of nitro groups is 1. The van der Waals surface area contributed by atoms with Crippen molar-refractivity contribution in [1.82, 2.24) is 25.0 Å². The van der Waals surface area contributed by atoms with Crippen LogP contribution in [0, 0.1) is 23.0 Å². The Labute approximate surface area is 181 Å². The SMILES string of the molecule is Cc1nc(CN2CCN(C(=O)c3cc([N+](=O)[O-])ccc3N3CCC(C)CC3)CC2)n[nH]1. The zero-order valence-electron chi connectivity index (χ0n) is 18.1. The maximum absolute atomic E-state index is 13.4. The highest BCUT2D eigenvalue weighted by Crippen LogP contribution is 2.30. The number of aromatic amines is 1. The minimum absolute atomic E-state index is 0.0453. The maximum atomic E-state index is 13.4. The molecular weight excluding hydrogens is 398 g/mol. The van der Waals surface area contributed by atoms with Crippen LogP contribution in [0.25, 0.3) is 0 Å². The summed E-state index contributed by atoms with van der Waals surface area (Å²) in [6.07, 6.45) is 2.12. The van der Waals surface area contributed by atoms with Crippen LogP contribution in [0.15, 0.2) is 18.2 Å². The second kappa shape index (κ2) is 9.01. The van der Waals surface area contributed by atoms with Gasteiger partial charge in [0.25, 0.3) is 11.6 Å². The van der Waals surface area contributed by atoms with Crippen molar-refractivity contribution < 1.29 is 9.72 Å². The van der Waals surface area contributed by atoms with Crippen molar-refractivity contribution in [2.45, 2.75) is 33.2 Å². The lowest BCUT2D eigenvalue weighted by Gasteiger charge is -2.36. The number of hydrogen-bond donors (Lipinski definition) is 1. The predicted molar refractivity (Wildman–Crippen MR) is 116 cm³/mol. The summed E-state index contributed by atoms with van der Waals surface area (Å²) in [5, 5.41) is 18.4. The summed E-state index contributed by atoms with van der Waals surface area (Å²) in [5.41, 5.74) is 1.19. The molecule has 1 aromatic heterocycles. The van der Waals surface area contributed by atoms with Gasteiger partial charge in [0, 0.05) is 51.4 Å². The molecule has 3 heterocycles. The molecule has 1 N–H and O–H groups in total. The van der Waals surface area contributed by atoms with Gasteiger partial charge in [-0.3, -0.25) is 24.9 Å². The molecule has 0 unspecified atom stereocenters. The molecule has 10 heteroatoms. The lowest BCUT2D eigenvalue weighted by atomic mass is 9.97. The molecular formula is C21H29N7O3. The van der Waals surface area contributed by atoms with Crippen LogP contribution < -0.4 is 4.90 Å². The highest BCUT2D eigenvalue weighted by Gasteiger charge is 2.28. The van der Waals surface area contributed by atoms with E-state index in [0.29, 0.717) is 44.2 Å². The van der Waals surface area contributed by atoms with Crippen molar-refractivity contribution in [2.75, 3.05) is 44.2 Å². The van der Waals surface area contributed by atoms with Gasteiger partial charge >= 0.3 is 0 Å². The number of H-pyrrole nitrogens is 1. The number of carbonyl (C=O) groups excluding carboxylic acids is 1. The second-order valence-electron chi connectivity index (χ2n) is 8.53. The first-order chi connectivity index (χ1) is 14.9. The third kappa shape index (κ3) is 4.84. The van der Waals surface area contributed by atoms with Crippen LogP contribution in [-0.2, 0) is 6.54 Å². The van der Waals surface area contributed by atoms with Crippen LogP contribution in [0.2, 0.25) is 0 Å². The minimum atomic E-state index is -0.435. The summed E-state index contributed by atoms with van der Waals surface area (Å²) < 4.78 is 0. The Morgan fingerprint density at radius 2 is 1.90 bits per heavy atom. The Bertz CT molecular complexity index is 944. The largest absolute Gasteiger partial charge is 0.371 e. The molecule has 1 amide bonds. The van der Waals surface area contributed by atoms with Crippen molar-refractivity contribution in [3.63, 3.8) is 0 Å². The Hall–Kier alpha value is -3.01. The number of anilines is 1. The van der Waals surface area contributed by atoms with Crippen molar-refractivity contribution in [2.24, 2.45) is 5.92 Å². The van der Waals surface area contributed by atoms with E-state index >= 15 is 0 Å². The average molecular weight is 428 g/mol. The van der Waals surface area contributed by atoms with E-state index in [0.717, 1.165) is 43.3 Å². The molecule has 2 aromatic rings. The predicted octanol–water partition coefficient (Wildman–Crippen LogP) is 2.22. The number of non-ortho nitro benzene ring substituents is 1. The van der Waals surface area contributed by atoms with Crippen molar-refractivity contribution in [3.05, 3.63) is 45.5 Å². The highest BCUT2D eigenvalue weighted by molar-refractivity contribution is 6.00. The zero-order valence-corrected chi connectivity index (χ0v) is 18.1. The molecule has 0 spiro atoms. The quantitative estimate of drug-likeness (QED) is 0.575. The fraction of sp³-hybridized carbons (Fsp3) is 0.571. The van der Waals surface area contributed by atoms with E-state index in [-0.39, 0.29) is 11.6 Å². The van der Waals surface area contributed by atoms with Gasteiger partial charge < -0.3 is 9.80 Å². The molecule has 1 aromatic carbocycles. The topological polar surface area (TPSA) is 112 Å². The number of carbonyl (C=O) groups is 1. The van der Waals surface area contributed by atoms with E-state index in [1.165, 1.54) is 12.1 Å². The van der Waals surface area contributed by atoms with E-state index < -0.39 is 4.92 Å². The molecule has 0 aliphatic carbocycles. The van der Waals surface area contributed by atoms with E-state index in [9.17, 15) is 14.9 Å². The summed E-state index contributed by atoms with van der Waals surface area (Å²) in [5.74, 6) is 2.06. The molecule has 2 aliphatic rings. The first kappa shape index (κ1) is 21.2. The van der Waals surface area contributed by atoms with Gasteiger partial charge in [-0.05, 0) is 31.7 Å². The summed E-state index contributed by atoms with van der Waals surface area (Å²) in [7, 11) is 0. The molecule has 0 atom stereocenters. The number of amides is 1. The van der Waals surface area contributed by atoms with Gasteiger partial charge in [0.2, 0.25) is 0 Å². The molecule has 2 fully saturated rings. The molecule has 2 aliphatic heterocycles. The van der Waals surface area contributed by atoms with Crippen molar-refractivity contribution >= 4 is 17.3 Å². The fourth-order valence-electron chi connectivity index (χ4n) is 4.27. The molecule has 0 bridgehead atoms. The Morgan fingerprint density at radius 1 is 1.19 bits per heavy atom. The van der Waals surface area contributed by atoms with Gasteiger partial charge in [0.15, 0.2) is 5.82 Å². The van der Waals surface area contributed by atoms with Crippen LogP contribution in [0.1, 0.15) is 41.8 Å². The van der Waals surface area contributed by atoms with E-state index in [1.807, 2.05) is 6.92 Å². The van der Waals surface area contributed by atoms with Gasteiger partial charge in [0.05, 0.1) is 22.7 Å². The molecule has 10 nitrogen and oxygen atoms in total. The van der Waals surface area contributed by atoms with Crippen LogP contribution in [0.3, 0.4) is 0 Å². The highest BCUT2D eigenvalue weighted by atomic mass is 16.6. The standard InChI is InChI=1S/C21H29N7O3/c1-15-5-7-26(8-6-15)19-4-3-17(28(30)31)13-18(19)21(29)27-11-9-25(10-12-27)14-20-22-16(2)23-24-20/h3-4,13,15H,5-12,14H2,1-2H3,(H,22,23,24). The summed E-state index contributed by atoms with van der Waals surface area (Å²) in [6, 6.07) is 4.68. The van der Waals surface area contributed by atoms with Crippen molar-refractivity contribution in [1.29, 1.82) is 0 Å². The maximum Gasteiger partial charge on any atom is 0.270 e.